The van der Waals surface area contributed by atoms with Gasteiger partial charge in [0, 0.05) is 0 Å². The molecule has 0 atom stereocenters. The SMILES string of the molecule is Cc1nnnn1CCOc1c(Cl)ccc(C(=O)Cl)c1Cl. The van der Waals surface area contributed by atoms with Gasteiger partial charge >= 0.3 is 0 Å². The Balaban J connectivity index is 2.11. The molecule has 106 valence electrons. The Bertz CT molecular complexity index is 645. The number of carbonyl (C=O) groups is 1. The largest absolute Gasteiger partial charge is 0.488 e. The van der Waals surface area contributed by atoms with Crippen molar-refractivity contribution < 1.29 is 9.53 Å². The summed E-state index contributed by atoms with van der Waals surface area (Å²) in [7, 11) is 0. The van der Waals surface area contributed by atoms with Crippen LogP contribution in [0.3, 0.4) is 0 Å². The molecule has 6 nitrogen and oxygen atoms in total. The summed E-state index contributed by atoms with van der Waals surface area (Å²) in [5.74, 6) is 0.876. The fourth-order valence-electron chi connectivity index (χ4n) is 1.51. The van der Waals surface area contributed by atoms with Crippen LogP contribution < -0.4 is 4.74 Å². The first-order valence-corrected chi connectivity index (χ1v) is 6.67. The van der Waals surface area contributed by atoms with Crippen molar-refractivity contribution in [3.63, 3.8) is 0 Å². The van der Waals surface area contributed by atoms with Gasteiger partial charge in [-0.1, -0.05) is 23.2 Å². The molecule has 1 heterocycles. The van der Waals surface area contributed by atoms with Crippen molar-refractivity contribution in [2.45, 2.75) is 13.5 Å². The zero-order valence-electron chi connectivity index (χ0n) is 10.3. The molecular weight excluding hydrogens is 327 g/mol. The summed E-state index contributed by atoms with van der Waals surface area (Å²) >= 11 is 17.4. The average molecular weight is 336 g/mol. The van der Waals surface area contributed by atoms with E-state index in [-0.39, 0.29) is 22.9 Å². The zero-order valence-corrected chi connectivity index (χ0v) is 12.6. The molecule has 0 radical (unpaired) electrons. The van der Waals surface area contributed by atoms with E-state index in [0.717, 1.165) is 0 Å². The van der Waals surface area contributed by atoms with Gasteiger partial charge in [0.25, 0.3) is 5.24 Å². The van der Waals surface area contributed by atoms with E-state index in [9.17, 15) is 4.79 Å². The van der Waals surface area contributed by atoms with Crippen LogP contribution in [-0.4, -0.2) is 32.1 Å². The molecule has 0 unspecified atom stereocenters. The third-order valence-electron chi connectivity index (χ3n) is 2.52. The zero-order chi connectivity index (χ0) is 14.7. The Morgan fingerprint density at radius 2 is 2.15 bits per heavy atom. The minimum absolute atomic E-state index is 0.0888. The van der Waals surface area contributed by atoms with Gasteiger partial charge in [-0.25, -0.2) is 4.68 Å². The first-order valence-electron chi connectivity index (χ1n) is 5.54. The summed E-state index contributed by atoms with van der Waals surface area (Å²) < 4.78 is 7.06. The standard InChI is InChI=1S/C11H9Cl3N4O2/c1-6-15-16-17-18(6)4-5-20-10-8(12)3-2-7(9(10)13)11(14)19/h2-3H,4-5H2,1H3. The molecule has 0 aliphatic carbocycles. The molecule has 0 aliphatic rings. The second-order valence-corrected chi connectivity index (χ2v) is 4.94. The van der Waals surface area contributed by atoms with Crippen molar-refractivity contribution >= 4 is 40.0 Å². The number of aromatic nitrogens is 4. The highest BCUT2D eigenvalue weighted by Gasteiger charge is 2.16. The number of tetrazole rings is 1. The van der Waals surface area contributed by atoms with Gasteiger partial charge in [0.05, 0.1) is 22.2 Å². The maximum atomic E-state index is 11.2. The Morgan fingerprint density at radius 3 is 2.75 bits per heavy atom. The molecule has 0 saturated carbocycles. The molecule has 0 saturated heterocycles. The van der Waals surface area contributed by atoms with Crippen LogP contribution in [0, 0.1) is 6.92 Å². The van der Waals surface area contributed by atoms with Crippen molar-refractivity contribution in [1.29, 1.82) is 0 Å². The molecule has 1 aromatic carbocycles. The summed E-state index contributed by atoms with van der Waals surface area (Å²) in [5.41, 5.74) is 0.145. The number of nitrogens with zero attached hydrogens (tertiary/aromatic N) is 4. The molecule has 1 aromatic heterocycles. The third-order valence-corrected chi connectivity index (χ3v) is 3.40. The second kappa shape index (κ2) is 6.39. The van der Waals surface area contributed by atoms with Crippen LogP contribution in [0.5, 0.6) is 5.75 Å². The smallest absolute Gasteiger partial charge is 0.254 e. The van der Waals surface area contributed by atoms with Crippen LogP contribution in [-0.2, 0) is 6.54 Å². The number of ether oxygens (including phenoxy) is 1. The maximum Gasteiger partial charge on any atom is 0.254 e. The first kappa shape index (κ1) is 15.0. The van der Waals surface area contributed by atoms with Gasteiger partial charge in [0.2, 0.25) is 0 Å². The minimum atomic E-state index is -0.673. The molecule has 9 heteroatoms. The lowest BCUT2D eigenvalue weighted by Gasteiger charge is -2.11. The molecule has 0 N–H and O–H groups in total. The monoisotopic (exact) mass is 334 g/mol. The molecule has 2 rings (SSSR count). The van der Waals surface area contributed by atoms with Crippen LogP contribution in [0.15, 0.2) is 12.1 Å². The van der Waals surface area contributed by atoms with Crippen molar-refractivity contribution in [2.75, 3.05) is 6.61 Å². The van der Waals surface area contributed by atoms with Crippen molar-refractivity contribution in [3.8, 4) is 5.75 Å². The van der Waals surface area contributed by atoms with E-state index >= 15 is 0 Å². The molecule has 0 amide bonds. The Morgan fingerprint density at radius 1 is 1.40 bits per heavy atom. The second-order valence-electron chi connectivity index (χ2n) is 3.81. The van der Waals surface area contributed by atoms with Gasteiger partial charge in [0.1, 0.15) is 12.4 Å². The number of aryl methyl sites for hydroxylation is 1. The van der Waals surface area contributed by atoms with E-state index in [0.29, 0.717) is 17.4 Å². The molecule has 0 bridgehead atoms. The van der Waals surface area contributed by atoms with E-state index in [1.54, 1.807) is 11.6 Å². The van der Waals surface area contributed by atoms with E-state index < -0.39 is 5.24 Å². The number of hydrogen-bond acceptors (Lipinski definition) is 5. The minimum Gasteiger partial charge on any atom is -0.488 e. The Hall–Kier alpha value is -1.37. The summed E-state index contributed by atoms with van der Waals surface area (Å²) in [6, 6.07) is 2.94. The van der Waals surface area contributed by atoms with Crippen molar-refractivity contribution in [2.24, 2.45) is 0 Å². The number of halogens is 3. The molecule has 20 heavy (non-hydrogen) atoms. The third kappa shape index (κ3) is 3.20. The summed E-state index contributed by atoms with van der Waals surface area (Å²) in [6.45, 7) is 2.43. The van der Waals surface area contributed by atoms with Crippen LogP contribution in [0.2, 0.25) is 10.0 Å². The lowest BCUT2D eigenvalue weighted by molar-refractivity contribution is 0.108. The normalized spacial score (nSPS) is 10.6. The molecule has 0 spiro atoms. The number of carbonyl (C=O) groups excluding carboxylic acids is 1. The lowest BCUT2D eigenvalue weighted by atomic mass is 10.2. The number of hydrogen-bond donors (Lipinski definition) is 0. The number of rotatable bonds is 5. The van der Waals surface area contributed by atoms with Gasteiger partial charge in [-0.05, 0) is 41.1 Å². The van der Waals surface area contributed by atoms with Crippen LogP contribution >= 0.6 is 34.8 Å². The quantitative estimate of drug-likeness (QED) is 0.786. The lowest BCUT2D eigenvalue weighted by Crippen LogP contribution is -2.11. The van der Waals surface area contributed by atoms with Gasteiger partial charge < -0.3 is 4.74 Å². The van der Waals surface area contributed by atoms with E-state index in [1.807, 2.05) is 0 Å². The predicted octanol–water partition coefficient (Wildman–Crippen LogP) is 2.75. The Kier molecular flexibility index (Phi) is 4.80. The predicted molar refractivity (Wildman–Crippen MR) is 74.7 cm³/mol. The van der Waals surface area contributed by atoms with E-state index in [1.165, 1.54) is 12.1 Å². The topological polar surface area (TPSA) is 69.9 Å². The maximum absolute atomic E-state index is 11.2. The van der Waals surface area contributed by atoms with Gasteiger partial charge in [-0.3, -0.25) is 4.79 Å². The molecular formula is C11H9Cl3N4O2. The van der Waals surface area contributed by atoms with E-state index in [4.69, 9.17) is 39.5 Å². The number of benzene rings is 1. The fourth-order valence-corrected chi connectivity index (χ4v) is 2.28. The summed E-state index contributed by atoms with van der Waals surface area (Å²) in [5, 5.41) is 10.7. The van der Waals surface area contributed by atoms with Crippen molar-refractivity contribution in [1.82, 2.24) is 20.2 Å². The van der Waals surface area contributed by atoms with Crippen LogP contribution in [0.25, 0.3) is 0 Å². The van der Waals surface area contributed by atoms with Gasteiger partial charge in [-0.15, -0.1) is 5.10 Å². The average Bonchev–Trinajstić information content (AvgIpc) is 2.78. The first-order chi connectivity index (χ1) is 9.50. The highest BCUT2D eigenvalue weighted by Crippen LogP contribution is 2.36. The van der Waals surface area contributed by atoms with E-state index in [2.05, 4.69) is 15.5 Å². The summed E-state index contributed by atoms with van der Waals surface area (Å²) in [6.07, 6.45) is 0. The highest BCUT2D eigenvalue weighted by molar-refractivity contribution is 6.69. The molecule has 2 aromatic rings. The van der Waals surface area contributed by atoms with Gasteiger partial charge in [0.15, 0.2) is 5.75 Å². The van der Waals surface area contributed by atoms with Gasteiger partial charge in [-0.2, -0.15) is 0 Å². The fraction of sp³-hybridized carbons (Fsp3) is 0.273. The van der Waals surface area contributed by atoms with Crippen LogP contribution in [0.1, 0.15) is 16.2 Å². The summed E-state index contributed by atoms with van der Waals surface area (Å²) in [4.78, 5) is 11.2. The highest BCUT2D eigenvalue weighted by atomic mass is 35.5. The Labute approximate surface area is 129 Å². The molecule has 0 aliphatic heterocycles. The van der Waals surface area contributed by atoms with Crippen molar-refractivity contribution in [3.05, 3.63) is 33.6 Å². The van der Waals surface area contributed by atoms with Crippen LogP contribution in [0.4, 0.5) is 0 Å². The molecule has 0 fully saturated rings.